The maximum atomic E-state index is 12.9. The van der Waals surface area contributed by atoms with E-state index in [0.29, 0.717) is 30.9 Å². The highest BCUT2D eigenvalue weighted by Gasteiger charge is 2.52. The number of nitrogens with zero attached hydrogens (tertiary/aromatic N) is 3. The smallest absolute Gasteiger partial charge is 0.325 e. The molecule has 148 valence electrons. The third-order valence-corrected chi connectivity index (χ3v) is 6.00. The standard InChI is InChI=1S/C21H26N4O3/c1-3-15-8-10-21(11-9-15)19(27)25(20(28)23-21)14-18(26)24(2)13-17-6-4-16(12-22)5-7-17/h4-7,15H,3,8-11,13-14H2,1-2H3,(H,23,28). The van der Waals surface area contributed by atoms with Gasteiger partial charge in [-0.15, -0.1) is 0 Å². The first-order valence-corrected chi connectivity index (χ1v) is 9.75. The Kier molecular flexibility index (Phi) is 5.68. The predicted octanol–water partition coefficient (Wildman–Crippen LogP) is 2.41. The van der Waals surface area contributed by atoms with E-state index in [-0.39, 0.29) is 18.4 Å². The summed E-state index contributed by atoms with van der Waals surface area (Å²) in [4.78, 5) is 40.4. The van der Waals surface area contributed by atoms with Crippen molar-refractivity contribution < 1.29 is 14.4 Å². The molecule has 7 nitrogen and oxygen atoms in total. The summed E-state index contributed by atoms with van der Waals surface area (Å²) in [5, 5.41) is 11.7. The monoisotopic (exact) mass is 382 g/mol. The van der Waals surface area contributed by atoms with Crippen LogP contribution in [-0.4, -0.2) is 46.8 Å². The van der Waals surface area contributed by atoms with Crippen LogP contribution in [0.25, 0.3) is 0 Å². The molecule has 2 aliphatic rings. The molecule has 1 heterocycles. The molecule has 1 aromatic rings. The van der Waals surface area contributed by atoms with Crippen molar-refractivity contribution in [3.63, 3.8) is 0 Å². The molecule has 0 bridgehead atoms. The second kappa shape index (κ2) is 8.01. The number of amides is 4. The highest BCUT2D eigenvalue weighted by atomic mass is 16.2. The quantitative estimate of drug-likeness (QED) is 0.792. The van der Waals surface area contributed by atoms with Crippen LogP contribution < -0.4 is 5.32 Å². The number of imide groups is 1. The lowest BCUT2D eigenvalue weighted by atomic mass is 9.75. The Morgan fingerprint density at radius 2 is 1.93 bits per heavy atom. The fraction of sp³-hybridized carbons (Fsp3) is 0.524. The number of hydrogen-bond acceptors (Lipinski definition) is 4. The number of urea groups is 1. The summed E-state index contributed by atoms with van der Waals surface area (Å²) >= 11 is 0. The van der Waals surface area contributed by atoms with Crippen molar-refractivity contribution in [3.05, 3.63) is 35.4 Å². The second-order valence-corrected chi connectivity index (χ2v) is 7.81. The van der Waals surface area contributed by atoms with E-state index >= 15 is 0 Å². The summed E-state index contributed by atoms with van der Waals surface area (Å²) in [6, 6.07) is 8.55. The lowest BCUT2D eigenvalue weighted by molar-refractivity contribution is -0.139. The van der Waals surface area contributed by atoms with Crippen LogP contribution in [0.2, 0.25) is 0 Å². The summed E-state index contributed by atoms with van der Waals surface area (Å²) in [5.74, 6) is 0.0314. The molecule has 0 unspecified atom stereocenters. The second-order valence-electron chi connectivity index (χ2n) is 7.81. The van der Waals surface area contributed by atoms with Gasteiger partial charge in [-0.05, 0) is 49.3 Å². The van der Waals surface area contributed by atoms with E-state index in [1.165, 1.54) is 4.90 Å². The fourth-order valence-corrected chi connectivity index (χ4v) is 4.04. The molecule has 0 radical (unpaired) electrons. The van der Waals surface area contributed by atoms with E-state index in [4.69, 9.17) is 5.26 Å². The maximum absolute atomic E-state index is 12.9. The first kappa shape index (κ1) is 19.9. The Balaban J connectivity index is 1.60. The van der Waals surface area contributed by atoms with Gasteiger partial charge in [0.2, 0.25) is 5.91 Å². The summed E-state index contributed by atoms with van der Waals surface area (Å²) in [5.41, 5.74) is 0.607. The van der Waals surface area contributed by atoms with Gasteiger partial charge < -0.3 is 10.2 Å². The number of rotatable bonds is 5. The molecule has 1 saturated carbocycles. The van der Waals surface area contributed by atoms with Gasteiger partial charge in [0.1, 0.15) is 12.1 Å². The zero-order valence-corrected chi connectivity index (χ0v) is 16.4. The molecule has 0 atom stereocenters. The highest BCUT2D eigenvalue weighted by molar-refractivity contribution is 6.09. The minimum atomic E-state index is -0.825. The van der Waals surface area contributed by atoms with Gasteiger partial charge in [0, 0.05) is 13.6 Å². The Morgan fingerprint density at radius 3 is 2.50 bits per heavy atom. The van der Waals surface area contributed by atoms with Gasteiger partial charge in [0.05, 0.1) is 11.6 Å². The largest absolute Gasteiger partial charge is 0.340 e. The van der Waals surface area contributed by atoms with Gasteiger partial charge in [0.15, 0.2) is 0 Å². The van der Waals surface area contributed by atoms with Gasteiger partial charge in [-0.1, -0.05) is 25.5 Å². The molecule has 1 aliphatic heterocycles. The average molecular weight is 382 g/mol. The minimum absolute atomic E-state index is 0.254. The van der Waals surface area contributed by atoms with Crippen molar-refractivity contribution in [3.8, 4) is 6.07 Å². The maximum Gasteiger partial charge on any atom is 0.325 e. The summed E-state index contributed by atoms with van der Waals surface area (Å²) in [7, 11) is 1.64. The van der Waals surface area contributed by atoms with E-state index < -0.39 is 11.6 Å². The van der Waals surface area contributed by atoms with Gasteiger partial charge >= 0.3 is 6.03 Å². The molecule has 1 aliphatic carbocycles. The number of benzene rings is 1. The third-order valence-electron chi connectivity index (χ3n) is 6.00. The van der Waals surface area contributed by atoms with E-state index in [0.717, 1.165) is 29.7 Å². The molecule has 1 spiro atoms. The van der Waals surface area contributed by atoms with Crippen molar-refractivity contribution in [2.75, 3.05) is 13.6 Å². The molecule has 1 aromatic carbocycles. The summed E-state index contributed by atoms with van der Waals surface area (Å²) in [6.45, 7) is 2.24. The first-order chi connectivity index (χ1) is 13.4. The average Bonchev–Trinajstić information content (AvgIpc) is 2.93. The lowest BCUT2D eigenvalue weighted by Crippen LogP contribution is -2.50. The summed E-state index contributed by atoms with van der Waals surface area (Å²) in [6.07, 6.45) is 4.20. The van der Waals surface area contributed by atoms with Crippen LogP contribution in [0, 0.1) is 17.2 Å². The molecule has 4 amide bonds. The molecular weight excluding hydrogens is 356 g/mol. The van der Waals surface area contributed by atoms with Crippen LogP contribution in [-0.2, 0) is 16.1 Å². The van der Waals surface area contributed by atoms with E-state index in [2.05, 4.69) is 18.3 Å². The Bertz CT molecular complexity index is 804. The van der Waals surface area contributed by atoms with Crippen molar-refractivity contribution in [2.24, 2.45) is 5.92 Å². The predicted molar refractivity (Wildman–Crippen MR) is 103 cm³/mol. The zero-order chi connectivity index (χ0) is 20.3. The molecule has 0 aromatic heterocycles. The molecule has 2 fully saturated rings. The zero-order valence-electron chi connectivity index (χ0n) is 16.4. The number of carbonyl (C=O) groups is 3. The van der Waals surface area contributed by atoms with Gasteiger partial charge in [0.25, 0.3) is 5.91 Å². The van der Waals surface area contributed by atoms with Gasteiger partial charge in [-0.3, -0.25) is 14.5 Å². The fourth-order valence-electron chi connectivity index (χ4n) is 4.04. The van der Waals surface area contributed by atoms with Crippen molar-refractivity contribution in [2.45, 2.75) is 51.1 Å². The summed E-state index contributed by atoms with van der Waals surface area (Å²) < 4.78 is 0. The Morgan fingerprint density at radius 1 is 1.29 bits per heavy atom. The number of hydrogen-bond donors (Lipinski definition) is 1. The molecular formula is C21H26N4O3. The van der Waals surface area contributed by atoms with Crippen LogP contribution in [0.15, 0.2) is 24.3 Å². The molecule has 7 heteroatoms. The minimum Gasteiger partial charge on any atom is -0.340 e. The van der Waals surface area contributed by atoms with Gasteiger partial charge in [-0.25, -0.2) is 4.79 Å². The van der Waals surface area contributed by atoms with Crippen molar-refractivity contribution in [1.82, 2.24) is 15.1 Å². The SMILES string of the molecule is CCC1CCC2(CC1)NC(=O)N(CC(=O)N(C)Cc1ccc(C#N)cc1)C2=O. The highest BCUT2D eigenvalue weighted by Crippen LogP contribution is 2.37. The normalized spacial score (nSPS) is 24.2. The Hall–Kier alpha value is -2.88. The van der Waals surface area contributed by atoms with Crippen LogP contribution in [0.5, 0.6) is 0 Å². The van der Waals surface area contributed by atoms with Crippen molar-refractivity contribution in [1.29, 1.82) is 5.26 Å². The molecule has 1 saturated heterocycles. The Labute approximate surface area is 165 Å². The van der Waals surface area contributed by atoms with E-state index in [1.54, 1.807) is 31.3 Å². The number of carbonyl (C=O) groups excluding carboxylic acids is 3. The van der Waals surface area contributed by atoms with Crippen LogP contribution in [0.1, 0.15) is 50.2 Å². The van der Waals surface area contributed by atoms with Gasteiger partial charge in [-0.2, -0.15) is 5.26 Å². The first-order valence-electron chi connectivity index (χ1n) is 9.75. The van der Waals surface area contributed by atoms with Crippen LogP contribution in [0.4, 0.5) is 4.79 Å². The molecule has 28 heavy (non-hydrogen) atoms. The number of nitrogens with one attached hydrogen (secondary N) is 1. The lowest BCUT2D eigenvalue weighted by Gasteiger charge is -2.34. The topological polar surface area (TPSA) is 93.5 Å². The molecule has 3 rings (SSSR count). The third kappa shape index (κ3) is 3.86. The van der Waals surface area contributed by atoms with E-state index in [1.807, 2.05) is 0 Å². The van der Waals surface area contributed by atoms with Crippen LogP contribution >= 0.6 is 0 Å². The number of nitriles is 1. The van der Waals surface area contributed by atoms with Crippen LogP contribution in [0.3, 0.4) is 0 Å². The molecule has 1 N–H and O–H groups in total. The number of likely N-dealkylation sites (N-methyl/N-ethyl adjacent to an activating group) is 1. The van der Waals surface area contributed by atoms with E-state index in [9.17, 15) is 14.4 Å². The van der Waals surface area contributed by atoms with Crippen molar-refractivity contribution >= 4 is 17.8 Å².